The van der Waals surface area contributed by atoms with E-state index < -0.39 is 0 Å². The topological polar surface area (TPSA) is 149 Å². The van der Waals surface area contributed by atoms with E-state index in [0.717, 1.165) is 132 Å². The molecule has 2 aliphatic heterocycles. The summed E-state index contributed by atoms with van der Waals surface area (Å²) in [6, 6.07) is 27.6. The Bertz CT molecular complexity index is 4090. The second-order valence-electron chi connectivity index (χ2n) is 29.0. The van der Waals surface area contributed by atoms with Gasteiger partial charge in [0, 0.05) is 57.0 Å². The number of benzene rings is 5. The van der Waals surface area contributed by atoms with Crippen molar-refractivity contribution >= 4 is 62.0 Å². The number of hydrogen-bond donors (Lipinski definition) is 0. The molecular formula is C88H117N9NiO2. The van der Waals surface area contributed by atoms with Crippen LogP contribution in [0.4, 0.5) is 5.69 Å². The molecule has 100 heavy (non-hydrogen) atoms. The summed E-state index contributed by atoms with van der Waals surface area (Å²) in [4.78, 5) is 57.6. The third kappa shape index (κ3) is 20.9. The summed E-state index contributed by atoms with van der Waals surface area (Å²) < 4.78 is 0. The molecule has 8 bridgehead atoms. The quantitative estimate of drug-likeness (QED) is 0.0119. The molecule has 5 heterocycles. The van der Waals surface area contributed by atoms with Gasteiger partial charge in [-0.3, -0.25) is 10.1 Å². The first-order valence-corrected chi connectivity index (χ1v) is 40.0. The molecule has 0 saturated carbocycles. The average Bonchev–Trinajstić information content (AvgIpc) is 1.58. The first kappa shape index (κ1) is 77.3. The number of nitrogens with zero attached hydrogens (tertiary/aromatic N) is 9. The molecule has 0 radical (unpaired) electrons. The molecule has 0 N–H and O–H groups in total. The molecule has 0 aliphatic carbocycles. The second kappa shape index (κ2) is 41.3. The van der Waals surface area contributed by atoms with Crippen molar-refractivity contribution in [1.29, 1.82) is 0 Å². The van der Waals surface area contributed by atoms with Crippen molar-refractivity contribution in [3.63, 3.8) is 0 Å². The summed E-state index contributed by atoms with van der Waals surface area (Å²) in [5, 5.41) is 15.6. The molecule has 0 spiro atoms. The predicted octanol–water partition coefficient (Wildman–Crippen LogP) is 25.6. The monoisotopic (exact) mass is 1390 g/mol. The summed E-state index contributed by atoms with van der Waals surface area (Å²) in [7, 11) is 0. The van der Waals surface area contributed by atoms with Crippen LogP contribution in [-0.2, 0) is 55.0 Å². The minimum absolute atomic E-state index is 0. The van der Waals surface area contributed by atoms with Crippen LogP contribution in [0, 0.1) is 10.1 Å². The Kier molecular flexibility index (Phi) is 31.9. The van der Waals surface area contributed by atoms with Crippen molar-refractivity contribution in [3.8, 4) is 45.6 Å². The molecule has 12 heteroatoms. The normalized spacial score (nSPS) is 11.9. The number of hydrogen-bond acceptors (Lipinski definition) is 8. The first-order chi connectivity index (χ1) is 48.7. The minimum Gasteiger partial charge on any atom is -0.357 e. The van der Waals surface area contributed by atoms with Gasteiger partial charge < -0.3 is 29.9 Å². The molecule has 3 aromatic heterocycles. The van der Waals surface area contributed by atoms with Crippen molar-refractivity contribution in [1.82, 2.24) is 39.9 Å². The van der Waals surface area contributed by atoms with Gasteiger partial charge in [-0.15, -0.1) is 0 Å². The van der Waals surface area contributed by atoms with Gasteiger partial charge in [0.15, 0.2) is 0 Å². The van der Waals surface area contributed by atoms with Gasteiger partial charge in [0.25, 0.3) is 5.69 Å². The van der Waals surface area contributed by atoms with Crippen molar-refractivity contribution in [2.45, 2.75) is 311 Å². The number of rotatable bonds is 45. The first-order valence-electron chi connectivity index (χ1n) is 40.0. The third-order valence-corrected chi connectivity index (χ3v) is 21.1. The van der Waals surface area contributed by atoms with Gasteiger partial charge in [-0.25, -0.2) is 9.97 Å². The third-order valence-electron chi connectivity index (χ3n) is 21.1. The molecule has 0 atom stereocenters. The summed E-state index contributed by atoms with van der Waals surface area (Å²) in [5.41, 5.74) is 16.3. The fourth-order valence-electron chi connectivity index (χ4n) is 15.3. The second-order valence-corrected chi connectivity index (χ2v) is 29.0. The maximum Gasteiger partial charge on any atom is 2.00 e. The van der Waals surface area contributed by atoms with Crippen LogP contribution < -0.4 is 9.97 Å². The summed E-state index contributed by atoms with van der Waals surface area (Å²) >= 11 is 0. The largest absolute Gasteiger partial charge is 2.00 e. The molecule has 0 fully saturated rings. The zero-order valence-corrected chi connectivity index (χ0v) is 63.0. The van der Waals surface area contributed by atoms with Crippen molar-refractivity contribution in [3.05, 3.63) is 133 Å². The smallest absolute Gasteiger partial charge is 0.357 e. The molecule has 10 rings (SSSR count). The van der Waals surface area contributed by atoms with Crippen LogP contribution in [0.25, 0.3) is 102 Å². The van der Waals surface area contributed by atoms with E-state index in [1.807, 2.05) is 6.08 Å². The van der Waals surface area contributed by atoms with Crippen LogP contribution in [0.2, 0.25) is 0 Å². The van der Waals surface area contributed by atoms with Crippen LogP contribution in [0.5, 0.6) is 0 Å². The molecule has 0 amide bonds. The standard InChI is InChI=1S/C88H117N9O2.Ni/c1-7-13-19-25-31-37-43-66-54-56-68(45-39-33-27-21-15-9-3)77-75(66)83-90-81-73-62-53-65(50-49-64-51-60-72(61-52-64)97(98)99)63-74(73)82(89-81)91-84-76-67(44-38-32-26-20-14-8-2)55-57-69(46-40-34-28-22-16-10-4)78(76)86(93-84)95-88-80-71(48-42-36-30-24-18-12-6)59-58-70(47-41-35-29-23-17-11-5)79(80)87(96-88)94-85(77)92-83;/h49-63H,7-48H2,1-6H3;/q-2;+2/b50-49+;. The number of nitro benzene ring substituents is 1. The van der Waals surface area contributed by atoms with Crippen LogP contribution >= 0.6 is 0 Å². The van der Waals surface area contributed by atoms with Gasteiger partial charge >= 0.3 is 16.5 Å². The van der Waals surface area contributed by atoms with Gasteiger partial charge in [0.1, 0.15) is 0 Å². The Morgan fingerprint density at radius 2 is 0.580 bits per heavy atom. The van der Waals surface area contributed by atoms with Crippen molar-refractivity contribution in [2.75, 3.05) is 0 Å². The Hall–Kier alpha value is -6.91. The number of aromatic nitrogens is 8. The van der Waals surface area contributed by atoms with Crippen molar-refractivity contribution in [2.24, 2.45) is 0 Å². The number of non-ortho nitro benzene ring substituents is 1. The van der Waals surface area contributed by atoms with Gasteiger partial charge in [-0.1, -0.05) is 295 Å². The molecular weight excluding hydrogens is 1270 g/mol. The number of unbranched alkanes of at least 4 members (excludes halogenated alkanes) is 30. The van der Waals surface area contributed by atoms with E-state index in [-0.39, 0.29) is 27.1 Å². The van der Waals surface area contributed by atoms with Gasteiger partial charge in [-0.05, 0) is 161 Å². The zero-order chi connectivity index (χ0) is 69.0. The molecule has 0 unspecified atom stereocenters. The molecule has 536 valence electrons. The van der Waals surface area contributed by atoms with Crippen LogP contribution in [0.1, 0.15) is 317 Å². The van der Waals surface area contributed by atoms with E-state index in [0.29, 0.717) is 45.9 Å². The van der Waals surface area contributed by atoms with Gasteiger partial charge in [0.2, 0.25) is 0 Å². The van der Waals surface area contributed by atoms with Crippen molar-refractivity contribution < 1.29 is 21.4 Å². The minimum atomic E-state index is -0.354. The van der Waals surface area contributed by atoms with Crippen LogP contribution in [0.3, 0.4) is 0 Å². The Balaban J connectivity index is 0.0000117. The molecule has 11 nitrogen and oxygen atoms in total. The predicted molar refractivity (Wildman–Crippen MR) is 418 cm³/mol. The van der Waals surface area contributed by atoms with E-state index in [1.165, 1.54) is 226 Å². The zero-order valence-electron chi connectivity index (χ0n) is 62.0. The summed E-state index contributed by atoms with van der Waals surface area (Å²) in [6.45, 7) is 13.8. The van der Waals surface area contributed by atoms with E-state index in [4.69, 9.17) is 39.9 Å². The maximum absolute atomic E-state index is 11.6. The van der Waals surface area contributed by atoms with Crippen LogP contribution in [0.15, 0.2) is 78.9 Å². The van der Waals surface area contributed by atoms with E-state index >= 15 is 0 Å². The SMILES string of the molecule is CCCCCCCCc1ccc(CCCCCCCC)c2c1-c1nc-2nc2[n-]c(nc3nc(nc4[n-]c(n1)c1ccc(/C=C/c5ccc([N+](=O)[O-])cc5)cc41)-c1c(CCCCCCCC)ccc(CCCCCCCC)c1-3)c1c(CCCCCCCC)ccc(CCCCCCCC)c21.[Ni+2]. The molecule has 8 aromatic rings. The molecule has 5 aromatic carbocycles. The van der Waals surface area contributed by atoms with Gasteiger partial charge in [0.05, 0.1) is 28.2 Å². The average molecular weight is 1390 g/mol. The Labute approximate surface area is 609 Å². The number of nitro groups is 1. The molecule has 0 saturated heterocycles. The molecule has 2 aliphatic rings. The Morgan fingerprint density at radius 1 is 0.310 bits per heavy atom. The number of fused-ring (bicyclic) bond motifs is 20. The van der Waals surface area contributed by atoms with E-state index in [9.17, 15) is 10.1 Å². The van der Waals surface area contributed by atoms with Gasteiger partial charge in [-0.2, -0.15) is 0 Å². The van der Waals surface area contributed by atoms with E-state index in [2.05, 4.69) is 102 Å². The Morgan fingerprint density at radius 3 is 0.920 bits per heavy atom. The number of aryl methyl sites for hydroxylation is 6. The maximum atomic E-state index is 11.6. The summed E-state index contributed by atoms with van der Waals surface area (Å²) in [6.07, 6.45) is 53.1. The fourth-order valence-corrected chi connectivity index (χ4v) is 15.3. The fraction of sp³-hybridized carbons (Fsp3) is 0.545. The van der Waals surface area contributed by atoms with E-state index in [1.54, 1.807) is 24.3 Å². The van der Waals surface area contributed by atoms with Crippen LogP contribution in [-0.4, -0.2) is 34.8 Å². The summed E-state index contributed by atoms with van der Waals surface area (Å²) in [5.74, 6) is 2.63.